The molecule has 0 spiro atoms. The number of hydrogen-bond donors (Lipinski definition) is 2. The van der Waals surface area contributed by atoms with Gasteiger partial charge in [0.25, 0.3) is 0 Å². The van der Waals surface area contributed by atoms with Crippen molar-refractivity contribution in [2.24, 2.45) is 11.3 Å². The van der Waals surface area contributed by atoms with Gasteiger partial charge in [-0.25, -0.2) is 0 Å². The molecule has 3 heteroatoms. The van der Waals surface area contributed by atoms with Gasteiger partial charge in [0.1, 0.15) is 5.54 Å². The van der Waals surface area contributed by atoms with Crippen LogP contribution in [0.3, 0.4) is 0 Å². The highest BCUT2D eigenvalue weighted by Crippen LogP contribution is 2.25. The predicted molar refractivity (Wildman–Crippen MR) is 58.3 cm³/mol. The third-order valence-electron chi connectivity index (χ3n) is 3.08. The molecule has 0 aliphatic rings. The summed E-state index contributed by atoms with van der Waals surface area (Å²) in [6.45, 7) is 12.7. The summed E-state index contributed by atoms with van der Waals surface area (Å²) in [5, 5.41) is 12.0. The van der Waals surface area contributed by atoms with Gasteiger partial charge in [-0.15, -0.1) is 0 Å². The number of rotatable bonds is 5. The number of carboxylic acid groups (broad SMARTS) is 1. The third-order valence-corrected chi connectivity index (χ3v) is 3.08. The zero-order valence-corrected chi connectivity index (χ0v) is 10.1. The van der Waals surface area contributed by atoms with Crippen LogP contribution in [0, 0.1) is 11.3 Å². The molecule has 0 radical (unpaired) electrons. The van der Waals surface area contributed by atoms with Crippen LogP contribution in [-0.4, -0.2) is 23.2 Å². The molecule has 3 nitrogen and oxygen atoms in total. The van der Waals surface area contributed by atoms with Gasteiger partial charge in [0.15, 0.2) is 0 Å². The summed E-state index contributed by atoms with van der Waals surface area (Å²) in [6, 6.07) is 0. The minimum absolute atomic E-state index is 0.118. The second-order valence-electron chi connectivity index (χ2n) is 5.43. The van der Waals surface area contributed by atoms with Gasteiger partial charge < -0.3 is 10.4 Å². The molecule has 0 atom stereocenters. The normalized spacial score (nSPS) is 13.4. The lowest BCUT2D eigenvalue weighted by Crippen LogP contribution is -2.50. The van der Waals surface area contributed by atoms with Crippen LogP contribution < -0.4 is 5.32 Å². The van der Waals surface area contributed by atoms with Gasteiger partial charge in [0, 0.05) is 6.54 Å². The van der Waals surface area contributed by atoms with E-state index in [9.17, 15) is 4.79 Å². The molecular weight excluding hydrogens is 178 g/mol. The highest BCUT2D eigenvalue weighted by atomic mass is 16.4. The molecule has 0 unspecified atom stereocenters. The van der Waals surface area contributed by atoms with Gasteiger partial charge >= 0.3 is 5.97 Å². The molecule has 0 aromatic carbocycles. The first-order valence-corrected chi connectivity index (χ1v) is 5.08. The van der Waals surface area contributed by atoms with Crippen molar-refractivity contribution < 1.29 is 9.90 Å². The summed E-state index contributed by atoms with van der Waals surface area (Å²) >= 11 is 0. The molecule has 2 N–H and O–H groups in total. The van der Waals surface area contributed by atoms with E-state index >= 15 is 0 Å². The molecule has 0 aromatic rings. The Bertz CT molecular complexity index is 207. The van der Waals surface area contributed by atoms with E-state index in [2.05, 4.69) is 33.0 Å². The summed E-state index contributed by atoms with van der Waals surface area (Å²) in [5.74, 6) is -0.281. The number of nitrogens with one attached hydrogen (secondary N) is 1. The van der Waals surface area contributed by atoms with E-state index in [0.29, 0.717) is 12.5 Å². The number of carboxylic acids is 1. The minimum atomic E-state index is -0.841. The molecule has 0 amide bonds. The van der Waals surface area contributed by atoms with Crippen molar-refractivity contribution in [1.29, 1.82) is 0 Å². The largest absolute Gasteiger partial charge is 0.480 e. The van der Waals surface area contributed by atoms with Gasteiger partial charge in [-0.2, -0.15) is 0 Å². The van der Waals surface area contributed by atoms with Gasteiger partial charge in [-0.3, -0.25) is 4.79 Å². The average Bonchev–Trinajstić information content (AvgIpc) is 2.01. The zero-order valence-electron chi connectivity index (χ0n) is 10.1. The van der Waals surface area contributed by atoms with Crippen molar-refractivity contribution in [1.82, 2.24) is 5.32 Å². The summed E-state index contributed by atoms with van der Waals surface area (Å²) in [6.07, 6.45) is 0. The van der Waals surface area contributed by atoms with Crippen molar-refractivity contribution in [3.8, 4) is 0 Å². The Morgan fingerprint density at radius 2 is 1.71 bits per heavy atom. The van der Waals surface area contributed by atoms with Crippen LogP contribution in [0.1, 0.15) is 41.5 Å². The van der Waals surface area contributed by atoms with Crippen LogP contribution in [-0.2, 0) is 4.79 Å². The third kappa shape index (κ3) is 3.66. The number of hydrogen-bond acceptors (Lipinski definition) is 2. The molecule has 0 heterocycles. The van der Waals surface area contributed by atoms with Crippen LogP contribution in [0.2, 0.25) is 0 Å². The van der Waals surface area contributed by atoms with Crippen LogP contribution in [0.5, 0.6) is 0 Å². The smallest absolute Gasteiger partial charge is 0.323 e. The summed E-state index contributed by atoms with van der Waals surface area (Å²) in [4.78, 5) is 10.8. The molecule has 0 saturated heterocycles. The Kier molecular flexibility index (Phi) is 4.13. The van der Waals surface area contributed by atoms with E-state index in [1.54, 1.807) is 13.8 Å². The van der Waals surface area contributed by atoms with E-state index in [1.165, 1.54) is 0 Å². The second-order valence-corrected chi connectivity index (χ2v) is 5.43. The Morgan fingerprint density at radius 3 is 2.00 bits per heavy atom. The van der Waals surface area contributed by atoms with Crippen molar-refractivity contribution >= 4 is 5.97 Å². The van der Waals surface area contributed by atoms with Crippen molar-refractivity contribution in [2.45, 2.75) is 47.1 Å². The van der Waals surface area contributed by atoms with Crippen LogP contribution in [0.15, 0.2) is 0 Å². The Balaban J connectivity index is 4.25. The number of aliphatic carboxylic acids is 1. The minimum Gasteiger partial charge on any atom is -0.480 e. The molecule has 14 heavy (non-hydrogen) atoms. The lowest BCUT2D eigenvalue weighted by molar-refractivity contribution is -0.143. The van der Waals surface area contributed by atoms with Crippen LogP contribution in [0.4, 0.5) is 0 Å². The first-order valence-electron chi connectivity index (χ1n) is 5.08. The monoisotopic (exact) mass is 201 g/mol. The van der Waals surface area contributed by atoms with E-state index in [4.69, 9.17) is 5.11 Å². The maximum Gasteiger partial charge on any atom is 0.323 e. The van der Waals surface area contributed by atoms with Crippen molar-refractivity contribution in [3.05, 3.63) is 0 Å². The first kappa shape index (κ1) is 13.4. The molecule has 0 fully saturated rings. The zero-order chi connectivity index (χ0) is 11.6. The SMILES string of the molecule is CC(C)C(C)(C)CNC(C)(C)C(=O)O. The van der Waals surface area contributed by atoms with Crippen LogP contribution in [0.25, 0.3) is 0 Å². The fourth-order valence-electron chi connectivity index (χ4n) is 0.729. The molecule has 0 saturated carbocycles. The molecule has 0 bridgehead atoms. The second kappa shape index (κ2) is 4.30. The Hall–Kier alpha value is -0.570. The van der Waals surface area contributed by atoms with E-state index in [0.717, 1.165) is 0 Å². The average molecular weight is 201 g/mol. The highest BCUT2D eigenvalue weighted by molar-refractivity contribution is 5.77. The number of carbonyl (C=O) groups is 1. The first-order chi connectivity index (χ1) is 6.09. The van der Waals surface area contributed by atoms with Crippen molar-refractivity contribution in [3.63, 3.8) is 0 Å². The quantitative estimate of drug-likeness (QED) is 0.716. The lowest BCUT2D eigenvalue weighted by atomic mass is 9.80. The molecular formula is C11H23NO2. The van der Waals surface area contributed by atoms with Gasteiger partial charge in [-0.1, -0.05) is 27.7 Å². The molecule has 0 aliphatic carbocycles. The maximum atomic E-state index is 10.8. The topological polar surface area (TPSA) is 49.3 Å². The standard InChI is InChI=1S/C11H23NO2/c1-8(2)10(3,4)7-12-11(5,6)9(13)14/h8,12H,7H2,1-6H3,(H,13,14). The predicted octanol–water partition coefficient (Wildman–Crippen LogP) is 2.12. The fraction of sp³-hybridized carbons (Fsp3) is 0.909. The van der Waals surface area contributed by atoms with E-state index < -0.39 is 11.5 Å². The Labute approximate surface area is 86.9 Å². The maximum absolute atomic E-state index is 10.8. The van der Waals surface area contributed by atoms with Crippen molar-refractivity contribution in [2.75, 3.05) is 6.54 Å². The van der Waals surface area contributed by atoms with E-state index in [1.807, 2.05) is 0 Å². The van der Waals surface area contributed by atoms with Gasteiger partial charge in [0.05, 0.1) is 0 Å². The molecule has 0 rings (SSSR count). The Morgan fingerprint density at radius 1 is 1.29 bits per heavy atom. The summed E-state index contributed by atoms with van der Waals surface area (Å²) in [7, 11) is 0. The highest BCUT2D eigenvalue weighted by Gasteiger charge is 2.30. The molecule has 0 aliphatic heterocycles. The molecule has 0 aromatic heterocycles. The van der Waals surface area contributed by atoms with Gasteiger partial charge in [-0.05, 0) is 25.2 Å². The summed E-state index contributed by atoms with van der Waals surface area (Å²) < 4.78 is 0. The van der Waals surface area contributed by atoms with E-state index in [-0.39, 0.29) is 5.41 Å². The van der Waals surface area contributed by atoms with Gasteiger partial charge in [0.2, 0.25) is 0 Å². The summed E-state index contributed by atoms with van der Waals surface area (Å²) in [5.41, 5.74) is -0.723. The fourth-order valence-corrected chi connectivity index (χ4v) is 0.729. The van der Waals surface area contributed by atoms with Crippen LogP contribution >= 0.6 is 0 Å². The lowest BCUT2D eigenvalue weighted by Gasteiger charge is -2.33. The molecule has 84 valence electrons.